The van der Waals surface area contributed by atoms with E-state index in [2.05, 4.69) is 15.9 Å². The molecule has 0 N–H and O–H groups in total. The lowest BCUT2D eigenvalue weighted by Crippen LogP contribution is -2.29. The van der Waals surface area contributed by atoms with Gasteiger partial charge < -0.3 is 13.7 Å². The normalized spacial score (nSPS) is 11.5. The molecular formula is C21H16BrNO5S2. The largest absolute Gasteiger partial charge is 0.467 e. The number of thiophene rings is 1. The number of carbonyl (C=O) groups excluding carboxylic acids is 1. The summed E-state index contributed by atoms with van der Waals surface area (Å²) in [5, 5.41) is 1.66. The van der Waals surface area contributed by atoms with Crippen molar-refractivity contribution in [3.05, 3.63) is 93.2 Å². The number of sulfone groups is 1. The molecule has 0 bridgehead atoms. The van der Waals surface area contributed by atoms with Gasteiger partial charge in [0.2, 0.25) is 14.9 Å². The molecule has 0 unspecified atom stereocenters. The Kier molecular flexibility index (Phi) is 5.94. The maximum absolute atomic E-state index is 13.1. The Morgan fingerprint density at radius 3 is 2.47 bits per heavy atom. The summed E-state index contributed by atoms with van der Waals surface area (Å²) in [6.07, 6.45) is 1.54. The van der Waals surface area contributed by atoms with Crippen LogP contribution < -0.4 is 0 Å². The van der Waals surface area contributed by atoms with Crippen LogP contribution in [-0.4, -0.2) is 19.2 Å². The van der Waals surface area contributed by atoms with E-state index < -0.39 is 15.7 Å². The van der Waals surface area contributed by atoms with E-state index >= 15 is 0 Å². The first-order valence-electron chi connectivity index (χ1n) is 8.88. The van der Waals surface area contributed by atoms with Crippen LogP contribution in [0.15, 0.2) is 95.6 Å². The monoisotopic (exact) mass is 505 g/mol. The number of hydrogen-bond donors (Lipinski definition) is 0. The molecule has 0 aliphatic carbocycles. The molecule has 3 heterocycles. The molecule has 0 saturated heterocycles. The van der Waals surface area contributed by atoms with Crippen LogP contribution in [0.4, 0.5) is 0 Å². The molecule has 1 aromatic carbocycles. The van der Waals surface area contributed by atoms with E-state index in [4.69, 9.17) is 8.83 Å². The zero-order valence-electron chi connectivity index (χ0n) is 15.5. The first-order valence-corrected chi connectivity index (χ1v) is 12.0. The van der Waals surface area contributed by atoms with Gasteiger partial charge in [-0.2, -0.15) is 0 Å². The number of amides is 1. The summed E-state index contributed by atoms with van der Waals surface area (Å²) in [5.41, 5.74) is 0. The van der Waals surface area contributed by atoms with Crippen molar-refractivity contribution < 1.29 is 22.0 Å². The lowest BCUT2D eigenvalue weighted by Gasteiger charge is -2.19. The van der Waals surface area contributed by atoms with Crippen LogP contribution in [0.3, 0.4) is 0 Å². The SMILES string of the molecule is O=C(c1ccc(S(=O)(=O)c2ccc(Br)cc2)o1)N(Cc1ccco1)Cc1cccs1. The highest BCUT2D eigenvalue weighted by atomic mass is 79.9. The van der Waals surface area contributed by atoms with Crippen LogP contribution in [0.5, 0.6) is 0 Å². The zero-order chi connectivity index (χ0) is 21.1. The smallest absolute Gasteiger partial charge is 0.290 e. The van der Waals surface area contributed by atoms with Crippen LogP contribution in [0, 0.1) is 0 Å². The summed E-state index contributed by atoms with van der Waals surface area (Å²) in [6.45, 7) is 0.589. The molecule has 154 valence electrons. The van der Waals surface area contributed by atoms with Gasteiger partial charge in [-0.1, -0.05) is 22.0 Å². The minimum absolute atomic E-state index is 0.0474. The van der Waals surface area contributed by atoms with Gasteiger partial charge in [0.05, 0.1) is 24.2 Å². The first-order chi connectivity index (χ1) is 14.4. The Hall–Kier alpha value is -2.62. The fourth-order valence-corrected chi connectivity index (χ4v) is 5.00. The van der Waals surface area contributed by atoms with E-state index in [-0.39, 0.29) is 22.3 Å². The minimum Gasteiger partial charge on any atom is -0.467 e. The maximum Gasteiger partial charge on any atom is 0.290 e. The molecule has 4 rings (SSSR count). The maximum atomic E-state index is 13.1. The number of rotatable bonds is 7. The number of benzene rings is 1. The molecule has 0 atom stereocenters. The van der Waals surface area contributed by atoms with E-state index in [9.17, 15) is 13.2 Å². The molecule has 4 aromatic rings. The quantitative estimate of drug-likeness (QED) is 0.337. The highest BCUT2D eigenvalue weighted by Crippen LogP contribution is 2.26. The fourth-order valence-electron chi connectivity index (χ4n) is 2.85. The zero-order valence-corrected chi connectivity index (χ0v) is 18.7. The lowest BCUT2D eigenvalue weighted by molar-refractivity contribution is 0.0681. The summed E-state index contributed by atoms with van der Waals surface area (Å²) < 4.78 is 37.3. The highest BCUT2D eigenvalue weighted by molar-refractivity contribution is 9.10. The second-order valence-electron chi connectivity index (χ2n) is 6.40. The van der Waals surface area contributed by atoms with Gasteiger partial charge in [0.15, 0.2) is 5.76 Å². The third-order valence-electron chi connectivity index (χ3n) is 4.32. The summed E-state index contributed by atoms with van der Waals surface area (Å²) >= 11 is 4.81. The molecule has 0 aliphatic heterocycles. The van der Waals surface area contributed by atoms with Crippen molar-refractivity contribution in [2.45, 2.75) is 23.1 Å². The van der Waals surface area contributed by atoms with Gasteiger partial charge in [0.25, 0.3) is 5.91 Å². The van der Waals surface area contributed by atoms with Crippen molar-refractivity contribution in [3.8, 4) is 0 Å². The molecule has 6 nitrogen and oxygen atoms in total. The number of halogens is 1. The minimum atomic E-state index is -3.87. The summed E-state index contributed by atoms with van der Waals surface area (Å²) in [6, 6.07) is 16.3. The summed E-state index contributed by atoms with van der Waals surface area (Å²) in [7, 11) is -3.87. The second-order valence-corrected chi connectivity index (χ2v) is 10.2. The van der Waals surface area contributed by atoms with Crippen LogP contribution in [0.2, 0.25) is 0 Å². The number of hydrogen-bond acceptors (Lipinski definition) is 6. The Balaban J connectivity index is 1.61. The van der Waals surface area contributed by atoms with Gasteiger partial charge in [0.1, 0.15) is 5.76 Å². The molecule has 0 saturated carbocycles. The number of carbonyl (C=O) groups is 1. The van der Waals surface area contributed by atoms with Gasteiger partial charge in [0, 0.05) is 9.35 Å². The van der Waals surface area contributed by atoms with E-state index in [0.717, 1.165) is 9.35 Å². The number of nitrogens with zero attached hydrogens (tertiary/aromatic N) is 1. The summed E-state index contributed by atoms with van der Waals surface area (Å²) in [4.78, 5) is 15.7. The van der Waals surface area contributed by atoms with Crippen molar-refractivity contribution in [2.24, 2.45) is 0 Å². The third kappa shape index (κ3) is 4.43. The van der Waals surface area contributed by atoms with Crippen LogP contribution >= 0.6 is 27.3 Å². The Labute approximate surface area is 185 Å². The highest BCUT2D eigenvalue weighted by Gasteiger charge is 2.26. The van der Waals surface area contributed by atoms with Crippen LogP contribution in [0.1, 0.15) is 21.2 Å². The molecule has 30 heavy (non-hydrogen) atoms. The third-order valence-corrected chi connectivity index (χ3v) is 7.35. The average molecular weight is 506 g/mol. The fraction of sp³-hybridized carbons (Fsp3) is 0.0952. The first kappa shape index (κ1) is 20.6. The number of furan rings is 2. The predicted octanol–water partition coefficient (Wildman–Crippen LogP) is 5.37. The lowest BCUT2D eigenvalue weighted by atomic mass is 10.3. The Morgan fingerprint density at radius 1 is 1.00 bits per heavy atom. The van der Waals surface area contributed by atoms with Crippen molar-refractivity contribution in [1.29, 1.82) is 0 Å². The molecular weight excluding hydrogens is 490 g/mol. The molecule has 0 fully saturated rings. The van der Waals surface area contributed by atoms with Crippen molar-refractivity contribution in [3.63, 3.8) is 0 Å². The van der Waals surface area contributed by atoms with Gasteiger partial charge in [-0.3, -0.25) is 4.79 Å². The molecule has 0 spiro atoms. The summed E-state index contributed by atoms with van der Waals surface area (Å²) in [5.74, 6) is 0.153. The molecule has 3 aromatic heterocycles. The molecule has 1 amide bonds. The van der Waals surface area contributed by atoms with E-state index in [1.54, 1.807) is 35.4 Å². The molecule has 9 heteroatoms. The van der Waals surface area contributed by atoms with E-state index in [1.807, 2.05) is 17.5 Å². The topological polar surface area (TPSA) is 80.7 Å². The van der Waals surface area contributed by atoms with Gasteiger partial charge >= 0.3 is 0 Å². The van der Waals surface area contributed by atoms with E-state index in [1.165, 1.54) is 35.6 Å². The van der Waals surface area contributed by atoms with Gasteiger partial charge in [-0.25, -0.2) is 8.42 Å². The van der Waals surface area contributed by atoms with E-state index in [0.29, 0.717) is 12.3 Å². The van der Waals surface area contributed by atoms with Crippen molar-refractivity contribution >= 4 is 43.0 Å². The van der Waals surface area contributed by atoms with Gasteiger partial charge in [-0.05, 0) is 60.0 Å². The Morgan fingerprint density at radius 2 is 1.80 bits per heavy atom. The van der Waals surface area contributed by atoms with Crippen molar-refractivity contribution in [2.75, 3.05) is 0 Å². The van der Waals surface area contributed by atoms with Crippen LogP contribution in [0.25, 0.3) is 0 Å². The molecule has 0 radical (unpaired) electrons. The average Bonchev–Trinajstić information content (AvgIpc) is 3.50. The predicted molar refractivity (Wildman–Crippen MR) is 115 cm³/mol. The van der Waals surface area contributed by atoms with Crippen LogP contribution in [-0.2, 0) is 22.9 Å². The standard InChI is InChI=1S/C21H16BrNO5S2/c22-15-5-7-18(8-6-15)30(25,26)20-10-9-19(28-20)21(24)23(13-16-3-1-11-27-16)14-17-4-2-12-29-17/h1-12H,13-14H2. The second kappa shape index (κ2) is 8.63. The Bertz CT molecular complexity index is 1190. The van der Waals surface area contributed by atoms with Gasteiger partial charge in [-0.15, -0.1) is 11.3 Å². The van der Waals surface area contributed by atoms with Crippen molar-refractivity contribution in [1.82, 2.24) is 4.90 Å². The molecule has 0 aliphatic rings.